The van der Waals surface area contributed by atoms with Crippen molar-refractivity contribution >= 4 is 27.8 Å². The highest BCUT2D eigenvalue weighted by atomic mass is 32.2. The fourth-order valence-electron chi connectivity index (χ4n) is 3.83. The number of benzene rings is 1. The van der Waals surface area contributed by atoms with E-state index in [2.05, 4.69) is 9.62 Å². The number of esters is 1. The van der Waals surface area contributed by atoms with E-state index >= 15 is 0 Å². The molecule has 0 saturated carbocycles. The molecule has 2 heterocycles. The summed E-state index contributed by atoms with van der Waals surface area (Å²) in [5.41, 5.74) is -0.109. The van der Waals surface area contributed by atoms with Crippen LogP contribution in [0.3, 0.4) is 0 Å². The Morgan fingerprint density at radius 2 is 1.93 bits per heavy atom. The number of hydrogen-bond donors (Lipinski definition) is 1. The fourth-order valence-corrected chi connectivity index (χ4v) is 6.05. The van der Waals surface area contributed by atoms with Gasteiger partial charge in [-0.25, -0.2) is 17.9 Å². The SMILES string of the molecule is COC(=O)c1ccc(OC)c(S(=O)(=O)NCC2(N3CCSCC3)CCOCC2)c1. The van der Waals surface area contributed by atoms with E-state index in [4.69, 9.17) is 14.2 Å². The fraction of sp³-hybridized carbons (Fsp3) is 0.632. The molecule has 0 aromatic heterocycles. The number of nitrogens with one attached hydrogen (secondary N) is 1. The van der Waals surface area contributed by atoms with Crippen LogP contribution in [0.4, 0.5) is 0 Å². The molecule has 2 aliphatic rings. The predicted molar refractivity (Wildman–Crippen MR) is 111 cm³/mol. The van der Waals surface area contributed by atoms with E-state index < -0.39 is 16.0 Å². The highest BCUT2D eigenvalue weighted by Gasteiger charge is 2.40. The number of rotatable bonds is 7. The van der Waals surface area contributed by atoms with Gasteiger partial charge in [-0.2, -0.15) is 11.8 Å². The summed E-state index contributed by atoms with van der Waals surface area (Å²) in [6.07, 6.45) is 1.55. The third-order valence-electron chi connectivity index (χ3n) is 5.57. The van der Waals surface area contributed by atoms with Crippen molar-refractivity contribution in [2.45, 2.75) is 23.3 Å². The van der Waals surface area contributed by atoms with Crippen LogP contribution in [0.2, 0.25) is 0 Å². The first-order valence-corrected chi connectivity index (χ1v) is 12.2. The number of sulfonamides is 1. The van der Waals surface area contributed by atoms with Gasteiger partial charge in [-0.1, -0.05) is 0 Å². The standard InChI is InChI=1S/C19H28N2O6S2/c1-25-16-4-3-15(18(22)26-2)13-17(16)29(23,24)20-14-19(5-9-27-10-6-19)21-7-11-28-12-8-21/h3-4,13,20H,5-12,14H2,1-2H3. The number of thioether (sulfide) groups is 1. The summed E-state index contributed by atoms with van der Waals surface area (Å²) in [6.45, 7) is 3.40. The van der Waals surface area contributed by atoms with Crippen molar-refractivity contribution in [2.24, 2.45) is 0 Å². The quantitative estimate of drug-likeness (QED) is 0.630. The van der Waals surface area contributed by atoms with Crippen LogP contribution < -0.4 is 9.46 Å². The highest BCUT2D eigenvalue weighted by Crippen LogP contribution is 2.31. The summed E-state index contributed by atoms with van der Waals surface area (Å²) in [4.78, 5) is 14.2. The minimum Gasteiger partial charge on any atom is -0.495 e. The van der Waals surface area contributed by atoms with Crippen LogP contribution in [-0.4, -0.2) is 83.4 Å². The van der Waals surface area contributed by atoms with E-state index in [1.165, 1.54) is 32.4 Å². The maximum absolute atomic E-state index is 13.1. The van der Waals surface area contributed by atoms with Crippen LogP contribution in [0.25, 0.3) is 0 Å². The molecule has 29 heavy (non-hydrogen) atoms. The molecule has 2 fully saturated rings. The Morgan fingerprint density at radius 1 is 1.24 bits per heavy atom. The summed E-state index contributed by atoms with van der Waals surface area (Å²) < 4.78 is 44.6. The number of ether oxygens (including phenoxy) is 3. The Labute approximate surface area is 176 Å². The normalized spacial score (nSPS) is 20.2. The molecule has 10 heteroatoms. The largest absolute Gasteiger partial charge is 0.495 e. The lowest BCUT2D eigenvalue weighted by atomic mass is 9.88. The highest BCUT2D eigenvalue weighted by molar-refractivity contribution is 7.99. The van der Waals surface area contributed by atoms with E-state index in [1.807, 2.05) is 11.8 Å². The monoisotopic (exact) mass is 444 g/mol. The topological polar surface area (TPSA) is 94.2 Å². The average molecular weight is 445 g/mol. The molecule has 0 aliphatic carbocycles. The molecule has 1 aromatic rings. The zero-order chi connectivity index (χ0) is 20.9. The number of methoxy groups -OCH3 is 2. The summed E-state index contributed by atoms with van der Waals surface area (Å²) in [7, 11) is -1.24. The molecule has 1 N–H and O–H groups in total. The van der Waals surface area contributed by atoms with Gasteiger partial charge in [-0.05, 0) is 31.0 Å². The van der Waals surface area contributed by atoms with Gasteiger partial charge < -0.3 is 14.2 Å². The van der Waals surface area contributed by atoms with E-state index in [9.17, 15) is 13.2 Å². The molecular formula is C19H28N2O6S2. The molecule has 3 rings (SSSR count). The van der Waals surface area contributed by atoms with Gasteiger partial charge in [0.05, 0.1) is 19.8 Å². The lowest BCUT2D eigenvalue weighted by Gasteiger charge is -2.48. The minimum absolute atomic E-state index is 0.0701. The predicted octanol–water partition coefficient (Wildman–Crippen LogP) is 1.36. The molecule has 0 spiro atoms. The zero-order valence-corrected chi connectivity index (χ0v) is 18.4. The molecule has 0 bridgehead atoms. The molecular weight excluding hydrogens is 416 g/mol. The Bertz CT molecular complexity index is 818. The van der Waals surface area contributed by atoms with Gasteiger partial charge in [0, 0.05) is 49.9 Å². The van der Waals surface area contributed by atoms with Crippen LogP contribution in [0.15, 0.2) is 23.1 Å². The minimum atomic E-state index is -3.90. The Morgan fingerprint density at radius 3 is 2.55 bits per heavy atom. The van der Waals surface area contributed by atoms with Crippen LogP contribution >= 0.6 is 11.8 Å². The number of nitrogens with zero attached hydrogens (tertiary/aromatic N) is 1. The molecule has 8 nitrogen and oxygen atoms in total. The maximum atomic E-state index is 13.1. The van der Waals surface area contributed by atoms with E-state index in [0.717, 1.165) is 37.4 Å². The van der Waals surface area contributed by atoms with Crippen molar-refractivity contribution in [1.82, 2.24) is 9.62 Å². The number of carbonyl (C=O) groups excluding carboxylic acids is 1. The van der Waals surface area contributed by atoms with E-state index in [-0.39, 0.29) is 28.3 Å². The second kappa shape index (κ2) is 9.65. The lowest BCUT2D eigenvalue weighted by Crippen LogP contribution is -2.60. The Balaban J connectivity index is 1.85. The zero-order valence-electron chi connectivity index (χ0n) is 16.8. The number of hydrogen-bond acceptors (Lipinski definition) is 8. The van der Waals surface area contributed by atoms with Crippen LogP contribution in [0.1, 0.15) is 23.2 Å². The Hall–Kier alpha value is -1.33. The first-order chi connectivity index (χ1) is 13.9. The smallest absolute Gasteiger partial charge is 0.337 e. The summed E-state index contributed by atoms with van der Waals surface area (Å²) in [6, 6.07) is 4.24. The maximum Gasteiger partial charge on any atom is 0.337 e. The van der Waals surface area contributed by atoms with Gasteiger partial charge in [0.1, 0.15) is 10.6 Å². The van der Waals surface area contributed by atoms with Gasteiger partial charge in [0.2, 0.25) is 10.0 Å². The van der Waals surface area contributed by atoms with Gasteiger partial charge in [-0.15, -0.1) is 0 Å². The van der Waals surface area contributed by atoms with Crippen molar-refractivity contribution in [3.8, 4) is 5.75 Å². The van der Waals surface area contributed by atoms with Crippen LogP contribution in [-0.2, 0) is 19.5 Å². The van der Waals surface area contributed by atoms with Crippen molar-refractivity contribution in [2.75, 3.05) is 58.6 Å². The first-order valence-electron chi connectivity index (χ1n) is 9.58. The molecule has 1 aromatic carbocycles. The second-order valence-corrected chi connectivity index (χ2v) is 10.1. The third-order valence-corrected chi connectivity index (χ3v) is 7.94. The molecule has 0 atom stereocenters. The van der Waals surface area contributed by atoms with E-state index in [1.54, 1.807) is 0 Å². The molecule has 0 amide bonds. The molecule has 0 radical (unpaired) electrons. The van der Waals surface area contributed by atoms with Crippen molar-refractivity contribution in [1.29, 1.82) is 0 Å². The van der Waals surface area contributed by atoms with Crippen LogP contribution in [0, 0.1) is 0 Å². The van der Waals surface area contributed by atoms with E-state index in [0.29, 0.717) is 13.2 Å². The van der Waals surface area contributed by atoms with Gasteiger partial charge in [-0.3, -0.25) is 4.90 Å². The van der Waals surface area contributed by atoms with Crippen molar-refractivity contribution in [3.63, 3.8) is 0 Å². The third kappa shape index (κ3) is 5.05. The summed E-state index contributed by atoms with van der Waals surface area (Å²) >= 11 is 1.92. The summed E-state index contributed by atoms with van der Waals surface area (Å²) in [5.74, 6) is 1.67. The van der Waals surface area contributed by atoms with Gasteiger partial charge in [0.15, 0.2) is 0 Å². The average Bonchev–Trinajstić information content (AvgIpc) is 2.78. The Kier molecular flexibility index (Phi) is 7.44. The van der Waals surface area contributed by atoms with Gasteiger partial charge in [0.25, 0.3) is 0 Å². The number of carbonyl (C=O) groups is 1. The first kappa shape index (κ1) is 22.4. The molecule has 162 valence electrons. The van der Waals surface area contributed by atoms with Crippen LogP contribution in [0.5, 0.6) is 5.75 Å². The van der Waals surface area contributed by atoms with Gasteiger partial charge >= 0.3 is 5.97 Å². The molecule has 0 unspecified atom stereocenters. The van der Waals surface area contributed by atoms with Crippen molar-refractivity contribution in [3.05, 3.63) is 23.8 Å². The second-order valence-electron chi connectivity index (χ2n) is 7.12. The molecule has 2 saturated heterocycles. The lowest BCUT2D eigenvalue weighted by molar-refractivity contribution is -0.0218. The summed E-state index contributed by atoms with van der Waals surface area (Å²) in [5, 5.41) is 0. The molecule has 2 aliphatic heterocycles. The van der Waals surface area contributed by atoms with Crippen molar-refractivity contribution < 1.29 is 27.4 Å².